The lowest BCUT2D eigenvalue weighted by Crippen LogP contribution is -2.35. The summed E-state index contributed by atoms with van der Waals surface area (Å²) in [5, 5.41) is 16.9. The lowest BCUT2D eigenvalue weighted by Gasteiger charge is -2.18. The van der Waals surface area contributed by atoms with Crippen molar-refractivity contribution in [1.82, 2.24) is 10.2 Å². The molecule has 3 N–H and O–H groups in total. The fourth-order valence-electron chi connectivity index (χ4n) is 2.92. The van der Waals surface area contributed by atoms with E-state index in [1.54, 1.807) is 25.2 Å². The number of phenolic OH excluding ortho intramolecular Hbond substituents is 1. The van der Waals surface area contributed by atoms with E-state index in [9.17, 15) is 9.32 Å². The lowest BCUT2D eigenvalue weighted by atomic mass is 10.1. The number of aromatic hydroxyl groups is 1. The summed E-state index contributed by atoms with van der Waals surface area (Å²) in [6.07, 6.45) is 11.0. The maximum Gasteiger partial charge on any atom is 0.269 e. The fourth-order valence-corrected chi connectivity index (χ4v) is 3.55. The highest BCUT2D eigenvalue weighted by Gasteiger charge is 2.21. The topological polar surface area (TPSA) is 102 Å². The highest BCUT2D eigenvalue weighted by atomic mass is 32.2. The molecule has 1 aromatic rings. The molecule has 178 valence electrons. The zero-order valence-corrected chi connectivity index (χ0v) is 21.0. The summed E-state index contributed by atoms with van der Waals surface area (Å²) in [6.45, 7) is 7.02. The number of aliphatic imine (C=N–C) groups is 1. The van der Waals surface area contributed by atoms with Crippen LogP contribution in [0.15, 0.2) is 67.9 Å². The van der Waals surface area contributed by atoms with Gasteiger partial charge in [-0.2, -0.15) is 0 Å². The van der Waals surface area contributed by atoms with Crippen LogP contribution in [-0.2, 0) is 11.2 Å². The first-order chi connectivity index (χ1) is 15.7. The van der Waals surface area contributed by atoms with Gasteiger partial charge in [-0.25, -0.2) is 4.21 Å². The Bertz CT molecular complexity index is 1030. The zero-order valence-electron chi connectivity index (χ0n) is 20.2. The van der Waals surface area contributed by atoms with E-state index in [-0.39, 0.29) is 5.75 Å². The van der Waals surface area contributed by atoms with Crippen LogP contribution >= 0.6 is 0 Å². The Morgan fingerprint density at radius 3 is 2.58 bits per heavy atom. The number of allylic oxidation sites excluding steroid dienone is 4. The standard InChI is InChI=1S/C20H24N6O2S.C4H10/c1-21-20(26(2)3)15-11-8-12-16(17(15)27)23-19-18(24-29(28)25-19)22-13-14-9-6-4-5-7-10-14;1-4(2)3/h4-6,8-12,27H,7,13H2,1-3H3,(H,22,24)(H,23,25);4H,1-3H3. The van der Waals surface area contributed by atoms with Crippen LogP contribution in [0.2, 0.25) is 0 Å². The van der Waals surface area contributed by atoms with Gasteiger partial charge in [-0.3, -0.25) is 4.99 Å². The molecule has 0 aromatic heterocycles. The zero-order chi connectivity index (χ0) is 24.4. The van der Waals surface area contributed by atoms with E-state index >= 15 is 0 Å². The molecule has 3 rings (SSSR count). The van der Waals surface area contributed by atoms with Crippen molar-refractivity contribution in [2.45, 2.75) is 27.2 Å². The van der Waals surface area contributed by atoms with Crippen molar-refractivity contribution in [3.8, 4) is 5.75 Å². The molecule has 0 bridgehead atoms. The first-order valence-corrected chi connectivity index (χ1v) is 11.9. The number of anilines is 1. The van der Waals surface area contributed by atoms with Gasteiger partial charge in [0.25, 0.3) is 11.2 Å². The second-order valence-electron chi connectivity index (χ2n) is 8.27. The van der Waals surface area contributed by atoms with Gasteiger partial charge in [-0.15, -0.1) is 8.80 Å². The van der Waals surface area contributed by atoms with Crippen molar-refractivity contribution in [1.29, 1.82) is 0 Å². The van der Waals surface area contributed by atoms with Crippen LogP contribution in [-0.4, -0.2) is 59.4 Å². The SMILES string of the molecule is CC(C)C.CN=C(c1cccc(NC2=NS(=O)N=C2NCC2=CCC=CC=C2)c1O)N(C)C. The Morgan fingerprint density at radius 2 is 1.91 bits per heavy atom. The summed E-state index contributed by atoms with van der Waals surface area (Å²) in [5.74, 6) is 2.20. The number of nitrogens with zero attached hydrogens (tertiary/aromatic N) is 4. The third-order valence-corrected chi connectivity index (χ3v) is 4.94. The predicted octanol–water partition coefficient (Wildman–Crippen LogP) is 3.83. The van der Waals surface area contributed by atoms with Crippen LogP contribution < -0.4 is 10.6 Å². The van der Waals surface area contributed by atoms with Crippen molar-refractivity contribution >= 4 is 34.4 Å². The largest absolute Gasteiger partial charge is 0.505 e. The summed E-state index contributed by atoms with van der Waals surface area (Å²) < 4.78 is 20.0. The van der Waals surface area contributed by atoms with E-state index in [0.29, 0.717) is 35.3 Å². The summed E-state index contributed by atoms with van der Waals surface area (Å²) in [6, 6.07) is 5.30. The molecule has 0 spiro atoms. The molecule has 0 fully saturated rings. The molecule has 8 nitrogen and oxygen atoms in total. The lowest BCUT2D eigenvalue weighted by molar-refractivity contribution is 0.474. The Balaban J connectivity index is 0.000000890. The number of rotatable bonds is 4. The average molecular weight is 471 g/mol. The van der Waals surface area contributed by atoms with Gasteiger partial charge >= 0.3 is 0 Å². The van der Waals surface area contributed by atoms with E-state index in [1.165, 1.54) is 0 Å². The third-order valence-electron chi connectivity index (χ3n) is 4.26. The molecule has 1 unspecified atom stereocenters. The molecule has 1 heterocycles. The van der Waals surface area contributed by atoms with Crippen molar-refractivity contribution in [3.05, 3.63) is 59.7 Å². The minimum absolute atomic E-state index is 0.0296. The van der Waals surface area contributed by atoms with Crippen molar-refractivity contribution in [2.75, 3.05) is 33.0 Å². The van der Waals surface area contributed by atoms with E-state index in [1.807, 2.05) is 37.2 Å². The first-order valence-electron chi connectivity index (χ1n) is 10.8. The van der Waals surface area contributed by atoms with Gasteiger partial charge in [0.15, 0.2) is 11.7 Å². The molecular weight excluding hydrogens is 436 g/mol. The van der Waals surface area contributed by atoms with Crippen LogP contribution in [0.3, 0.4) is 0 Å². The van der Waals surface area contributed by atoms with Gasteiger partial charge in [0.2, 0.25) is 0 Å². The fraction of sp³-hybridized carbons (Fsp3) is 0.375. The number of hydrogen-bond acceptors (Lipinski definition) is 5. The number of benzene rings is 1. The van der Waals surface area contributed by atoms with E-state index in [2.05, 4.69) is 57.3 Å². The smallest absolute Gasteiger partial charge is 0.269 e. The molecule has 0 saturated heterocycles. The minimum Gasteiger partial charge on any atom is -0.505 e. The molecule has 0 amide bonds. The van der Waals surface area contributed by atoms with Crippen molar-refractivity contribution in [2.24, 2.45) is 19.7 Å². The highest BCUT2D eigenvalue weighted by Crippen LogP contribution is 2.29. The van der Waals surface area contributed by atoms with Gasteiger partial charge in [0.05, 0.1) is 11.3 Å². The van der Waals surface area contributed by atoms with Gasteiger partial charge in [0, 0.05) is 27.7 Å². The maximum atomic E-state index is 11.9. The normalized spacial score (nSPS) is 17.5. The van der Waals surface area contributed by atoms with E-state index in [4.69, 9.17) is 0 Å². The summed E-state index contributed by atoms with van der Waals surface area (Å²) in [5.41, 5.74) is 2.10. The summed E-state index contributed by atoms with van der Waals surface area (Å²) in [7, 11) is 5.37. The Hall–Kier alpha value is -3.20. The number of para-hydroxylation sites is 1. The van der Waals surface area contributed by atoms with Crippen LogP contribution in [0.1, 0.15) is 32.8 Å². The van der Waals surface area contributed by atoms with Crippen LogP contribution in [0.5, 0.6) is 5.75 Å². The summed E-state index contributed by atoms with van der Waals surface area (Å²) in [4.78, 5) is 6.05. The molecule has 9 heteroatoms. The maximum absolute atomic E-state index is 11.9. The molecule has 1 atom stereocenters. The summed E-state index contributed by atoms with van der Waals surface area (Å²) >= 11 is -1.71. The van der Waals surface area contributed by atoms with Crippen LogP contribution in [0.4, 0.5) is 5.69 Å². The average Bonchev–Trinajstić information content (AvgIpc) is 2.92. The highest BCUT2D eigenvalue weighted by molar-refractivity contribution is 7.83. The minimum atomic E-state index is -1.71. The molecule has 33 heavy (non-hydrogen) atoms. The van der Waals surface area contributed by atoms with Gasteiger partial charge in [-0.05, 0) is 30.0 Å². The molecule has 1 aliphatic carbocycles. The van der Waals surface area contributed by atoms with Crippen molar-refractivity contribution in [3.63, 3.8) is 0 Å². The molecule has 0 radical (unpaired) electrons. The molecule has 2 aliphatic rings. The van der Waals surface area contributed by atoms with Gasteiger partial charge in [0.1, 0.15) is 11.6 Å². The Labute approximate surface area is 199 Å². The van der Waals surface area contributed by atoms with E-state index < -0.39 is 11.2 Å². The van der Waals surface area contributed by atoms with Gasteiger partial charge < -0.3 is 20.6 Å². The molecular formula is C24H34N6O2S. The second kappa shape index (κ2) is 12.7. The molecule has 1 aliphatic heterocycles. The number of hydrogen-bond donors (Lipinski definition) is 3. The quantitative estimate of drug-likeness (QED) is 0.353. The number of nitrogens with one attached hydrogen (secondary N) is 2. The van der Waals surface area contributed by atoms with E-state index in [0.717, 1.165) is 17.9 Å². The number of amidine groups is 3. The predicted molar refractivity (Wildman–Crippen MR) is 140 cm³/mol. The first kappa shape index (κ1) is 26.1. The van der Waals surface area contributed by atoms with Crippen molar-refractivity contribution < 1.29 is 9.32 Å². The Morgan fingerprint density at radius 1 is 1.21 bits per heavy atom. The monoisotopic (exact) mass is 470 g/mol. The van der Waals surface area contributed by atoms with Crippen LogP contribution in [0.25, 0.3) is 0 Å². The number of phenols is 1. The third kappa shape index (κ3) is 8.02. The molecule has 1 aromatic carbocycles. The second-order valence-corrected chi connectivity index (χ2v) is 9.09. The van der Waals surface area contributed by atoms with Crippen LogP contribution in [0, 0.1) is 5.92 Å². The Kier molecular flexibility index (Phi) is 10.1. The van der Waals surface area contributed by atoms with Gasteiger partial charge in [-0.1, -0.05) is 57.2 Å². The molecule has 0 saturated carbocycles.